The molecule has 4 heteroatoms. The second kappa shape index (κ2) is 6.58. The minimum atomic E-state index is 0.0318. The van der Waals surface area contributed by atoms with Crippen LogP contribution in [-0.2, 0) is 9.53 Å². The molecule has 1 amide bonds. The highest BCUT2D eigenvalue weighted by molar-refractivity contribution is 5.77. The van der Waals surface area contributed by atoms with Gasteiger partial charge in [0.15, 0.2) is 0 Å². The predicted octanol–water partition coefficient (Wildman–Crippen LogP) is 2.04. The normalized spacial score (nSPS) is 26.0. The number of carbonyl (C=O) groups is 1. The van der Waals surface area contributed by atoms with E-state index in [9.17, 15) is 4.79 Å². The summed E-state index contributed by atoms with van der Waals surface area (Å²) in [4.78, 5) is 14.7. The van der Waals surface area contributed by atoms with Crippen LogP contribution in [0.4, 0.5) is 0 Å². The van der Waals surface area contributed by atoms with Gasteiger partial charge in [0, 0.05) is 19.6 Å². The van der Waals surface area contributed by atoms with Crippen molar-refractivity contribution in [1.82, 2.24) is 10.2 Å². The average Bonchev–Trinajstić information content (AvgIpc) is 2.98. The Kier molecular flexibility index (Phi) is 4.56. The van der Waals surface area contributed by atoms with E-state index in [2.05, 4.69) is 41.4 Å². The van der Waals surface area contributed by atoms with Crippen molar-refractivity contribution in [3.63, 3.8) is 0 Å². The number of amides is 1. The van der Waals surface area contributed by atoms with Crippen molar-refractivity contribution < 1.29 is 9.53 Å². The van der Waals surface area contributed by atoms with Crippen molar-refractivity contribution in [2.45, 2.75) is 38.3 Å². The molecule has 0 bridgehead atoms. The van der Waals surface area contributed by atoms with Crippen molar-refractivity contribution in [3.8, 4) is 0 Å². The summed E-state index contributed by atoms with van der Waals surface area (Å²) in [5.74, 6) is 0.231. The quantitative estimate of drug-likeness (QED) is 0.925. The first-order chi connectivity index (χ1) is 10.3. The molecule has 2 unspecified atom stereocenters. The maximum atomic E-state index is 12.6. The molecule has 4 nitrogen and oxygen atoms in total. The van der Waals surface area contributed by atoms with E-state index < -0.39 is 0 Å². The summed E-state index contributed by atoms with van der Waals surface area (Å²) in [6.07, 6.45) is 2.69. The number of ether oxygens (including phenoxy) is 1. The van der Waals surface area contributed by atoms with Crippen molar-refractivity contribution in [3.05, 3.63) is 35.4 Å². The highest BCUT2D eigenvalue weighted by atomic mass is 16.5. The molecule has 3 rings (SSSR count). The molecule has 0 aromatic heterocycles. The molecule has 1 N–H and O–H groups in total. The molecule has 2 atom stereocenters. The van der Waals surface area contributed by atoms with Gasteiger partial charge in [0.1, 0.15) is 0 Å². The second-order valence-electron chi connectivity index (χ2n) is 6.00. The summed E-state index contributed by atoms with van der Waals surface area (Å²) < 4.78 is 5.66. The fourth-order valence-corrected chi connectivity index (χ4v) is 3.41. The Labute approximate surface area is 126 Å². The molecule has 2 fully saturated rings. The van der Waals surface area contributed by atoms with Crippen LogP contribution in [0.15, 0.2) is 24.3 Å². The van der Waals surface area contributed by atoms with E-state index in [1.54, 1.807) is 0 Å². The van der Waals surface area contributed by atoms with Crippen LogP contribution < -0.4 is 5.32 Å². The molecule has 1 aromatic rings. The first kappa shape index (κ1) is 14.5. The van der Waals surface area contributed by atoms with Gasteiger partial charge < -0.3 is 15.0 Å². The summed E-state index contributed by atoms with van der Waals surface area (Å²) >= 11 is 0. The van der Waals surface area contributed by atoms with Crippen LogP contribution >= 0.6 is 0 Å². The average molecular weight is 288 g/mol. The van der Waals surface area contributed by atoms with E-state index in [0.717, 1.165) is 32.5 Å². The third-order valence-corrected chi connectivity index (χ3v) is 4.53. The number of nitrogens with zero attached hydrogens (tertiary/aromatic N) is 1. The van der Waals surface area contributed by atoms with E-state index in [-0.39, 0.29) is 18.1 Å². The molecule has 0 radical (unpaired) electrons. The lowest BCUT2D eigenvalue weighted by atomic mass is 9.99. The van der Waals surface area contributed by atoms with Crippen LogP contribution in [0.1, 0.15) is 36.4 Å². The van der Waals surface area contributed by atoms with Crippen LogP contribution in [0.3, 0.4) is 0 Å². The largest absolute Gasteiger partial charge is 0.375 e. The fraction of sp³-hybridized carbons (Fsp3) is 0.588. The molecule has 2 aliphatic rings. The lowest BCUT2D eigenvalue weighted by molar-refractivity contribution is -0.135. The van der Waals surface area contributed by atoms with Gasteiger partial charge in [-0.05, 0) is 30.9 Å². The Balaban J connectivity index is 1.68. The van der Waals surface area contributed by atoms with Crippen molar-refractivity contribution in [2.75, 3.05) is 26.2 Å². The van der Waals surface area contributed by atoms with Gasteiger partial charge in [-0.15, -0.1) is 0 Å². The molecule has 2 heterocycles. The van der Waals surface area contributed by atoms with Gasteiger partial charge in [-0.2, -0.15) is 0 Å². The summed E-state index contributed by atoms with van der Waals surface area (Å²) in [7, 11) is 0. The molecule has 0 spiro atoms. The number of hydrogen-bond donors (Lipinski definition) is 1. The zero-order chi connectivity index (χ0) is 14.7. The molecule has 0 aliphatic carbocycles. The van der Waals surface area contributed by atoms with Gasteiger partial charge >= 0.3 is 0 Å². The van der Waals surface area contributed by atoms with Crippen LogP contribution in [0.2, 0.25) is 0 Å². The SMILES string of the molecule is Cc1ccccc1C1CCCN1C(=O)CC1CNCCO1. The Morgan fingerprint density at radius 2 is 2.29 bits per heavy atom. The first-order valence-corrected chi connectivity index (χ1v) is 7.93. The Morgan fingerprint density at radius 3 is 3.05 bits per heavy atom. The summed E-state index contributed by atoms with van der Waals surface area (Å²) in [6.45, 7) is 5.39. The van der Waals surface area contributed by atoms with Gasteiger partial charge in [0.05, 0.1) is 25.2 Å². The number of benzene rings is 1. The number of hydrogen-bond acceptors (Lipinski definition) is 3. The Bertz CT molecular complexity index is 497. The topological polar surface area (TPSA) is 41.6 Å². The second-order valence-corrected chi connectivity index (χ2v) is 6.00. The molecule has 2 saturated heterocycles. The van der Waals surface area contributed by atoms with E-state index in [0.29, 0.717) is 13.0 Å². The fourth-order valence-electron chi connectivity index (χ4n) is 3.41. The molecule has 1 aromatic carbocycles. The van der Waals surface area contributed by atoms with Crippen LogP contribution in [0, 0.1) is 6.92 Å². The van der Waals surface area contributed by atoms with E-state index in [1.165, 1.54) is 11.1 Å². The number of nitrogens with one attached hydrogen (secondary N) is 1. The summed E-state index contributed by atoms with van der Waals surface area (Å²) in [5.41, 5.74) is 2.57. The highest BCUT2D eigenvalue weighted by Gasteiger charge is 2.32. The number of likely N-dealkylation sites (tertiary alicyclic amines) is 1. The molecular formula is C17H24N2O2. The maximum Gasteiger partial charge on any atom is 0.225 e. The van der Waals surface area contributed by atoms with Gasteiger partial charge in [0.2, 0.25) is 5.91 Å². The standard InChI is InChI=1S/C17H24N2O2/c1-13-5-2-3-6-15(13)16-7-4-9-19(16)17(20)11-14-12-18-8-10-21-14/h2-3,5-6,14,16,18H,4,7-12H2,1H3. The van der Waals surface area contributed by atoms with Crippen molar-refractivity contribution >= 4 is 5.91 Å². The minimum absolute atomic E-state index is 0.0318. The van der Waals surface area contributed by atoms with E-state index in [1.807, 2.05) is 0 Å². The minimum Gasteiger partial charge on any atom is -0.375 e. The summed E-state index contributed by atoms with van der Waals surface area (Å²) in [5, 5.41) is 3.29. The van der Waals surface area contributed by atoms with Crippen molar-refractivity contribution in [1.29, 1.82) is 0 Å². The van der Waals surface area contributed by atoms with Crippen LogP contribution in [0.5, 0.6) is 0 Å². The zero-order valence-electron chi connectivity index (χ0n) is 12.7. The molecular weight excluding hydrogens is 264 g/mol. The molecule has 114 valence electrons. The van der Waals surface area contributed by atoms with Gasteiger partial charge in [-0.25, -0.2) is 0 Å². The van der Waals surface area contributed by atoms with Gasteiger partial charge in [-0.3, -0.25) is 4.79 Å². The highest BCUT2D eigenvalue weighted by Crippen LogP contribution is 2.34. The van der Waals surface area contributed by atoms with Crippen LogP contribution in [-0.4, -0.2) is 43.2 Å². The van der Waals surface area contributed by atoms with Crippen molar-refractivity contribution in [2.24, 2.45) is 0 Å². The van der Waals surface area contributed by atoms with Crippen LogP contribution in [0.25, 0.3) is 0 Å². The lowest BCUT2D eigenvalue weighted by Gasteiger charge is -2.29. The smallest absolute Gasteiger partial charge is 0.225 e. The van der Waals surface area contributed by atoms with E-state index >= 15 is 0 Å². The Morgan fingerprint density at radius 1 is 1.43 bits per heavy atom. The molecule has 0 saturated carbocycles. The number of morpholine rings is 1. The summed E-state index contributed by atoms with van der Waals surface area (Å²) in [6, 6.07) is 8.66. The number of carbonyl (C=O) groups excluding carboxylic acids is 1. The number of aryl methyl sites for hydroxylation is 1. The van der Waals surface area contributed by atoms with Gasteiger partial charge in [-0.1, -0.05) is 24.3 Å². The third kappa shape index (κ3) is 3.27. The molecule has 2 aliphatic heterocycles. The van der Waals surface area contributed by atoms with E-state index in [4.69, 9.17) is 4.74 Å². The maximum absolute atomic E-state index is 12.6. The first-order valence-electron chi connectivity index (χ1n) is 7.93. The predicted molar refractivity (Wildman–Crippen MR) is 82.1 cm³/mol. The lowest BCUT2D eigenvalue weighted by Crippen LogP contribution is -2.42. The third-order valence-electron chi connectivity index (χ3n) is 4.53. The monoisotopic (exact) mass is 288 g/mol. The Hall–Kier alpha value is -1.39. The number of rotatable bonds is 3. The molecule has 21 heavy (non-hydrogen) atoms. The van der Waals surface area contributed by atoms with Gasteiger partial charge in [0.25, 0.3) is 0 Å². The zero-order valence-corrected chi connectivity index (χ0v) is 12.7.